The molecule has 0 aliphatic carbocycles. The summed E-state index contributed by atoms with van der Waals surface area (Å²) in [6.07, 6.45) is 0. The third-order valence-electron chi connectivity index (χ3n) is 1.93. The van der Waals surface area contributed by atoms with Crippen molar-refractivity contribution < 1.29 is 0 Å². The van der Waals surface area contributed by atoms with Gasteiger partial charge in [-0.2, -0.15) is 0 Å². The van der Waals surface area contributed by atoms with Gasteiger partial charge < -0.3 is 10.3 Å². The van der Waals surface area contributed by atoms with E-state index < -0.39 is 0 Å². The number of nitrogens with two attached hydrogens (primary N) is 1. The number of hydrogen-bond acceptors (Lipinski definition) is 9. The Labute approximate surface area is 113 Å². The van der Waals surface area contributed by atoms with Crippen LogP contribution in [0.15, 0.2) is 15.4 Å². The van der Waals surface area contributed by atoms with Gasteiger partial charge in [0.25, 0.3) is 0 Å². The van der Waals surface area contributed by atoms with Gasteiger partial charge in [-0.05, 0) is 18.7 Å². The Balaban J connectivity index is 2.19. The van der Waals surface area contributed by atoms with Crippen molar-refractivity contribution in [2.24, 2.45) is 5.84 Å². The van der Waals surface area contributed by atoms with Crippen LogP contribution in [0.5, 0.6) is 0 Å². The second kappa shape index (κ2) is 5.46. The molecule has 0 atom stereocenters. The second-order valence-corrected chi connectivity index (χ2v) is 5.85. The lowest BCUT2D eigenvalue weighted by Crippen LogP contribution is -2.09. The van der Waals surface area contributed by atoms with Crippen molar-refractivity contribution in [3.63, 3.8) is 0 Å². The Kier molecular flexibility index (Phi) is 3.94. The molecule has 2 heterocycles. The lowest BCUT2D eigenvalue weighted by atomic mass is 10.5. The van der Waals surface area contributed by atoms with Crippen molar-refractivity contribution in [2.45, 2.75) is 16.3 Å². The summed E-state index contributed by atoms with van der Waals surface area (Å²) in [4.78, 5) is 10.4. The summed E-state index contributed by atoms with van der Waals surface area (Å²) in [5.74, 6) is 6.59. The molecule has 0 amide bonds. The Morgan fingerprint density at radius 2 is 2.11 bits per heavy atom. The molecule has 0 unspecified atom stereocenters. The third kappa shape index (κ3) is 3.06. The standard InChI is InChI=1S/C9H13N7S2/c1-5-11-6(13-10)4-7(12-5)17-9-15-14-8(18-9)16(2)3/h4H,10H2,1-3H3,(H,11,12,13). The van der Waals surface area contributed by atoms with Gasteiger partial charge in [0.2, 0.25) is 5.13 Å². The fourth-order valence-corrected chi connectivity index (χ4v) is 2.94. The number of hydrogen-bond donors (Lipinski definition) is 2. The van der Waals surface area contributed by atoms with Crippen molar-refractivity contribution in [1.82, 2.24) is 20.2 Å². The van der Waals surface area contributed by atoms with E-state index >= 15 is 0 Å². The van der Waals surface area contributed by atoms with Crippen molar-refractivity contribution in [2.75, 3.05) is 24.4 Å². The molecule has 2 rings (SSSR count). The SMILES string of the molecule is Cc1nc(NN)cc(Sc2nnc(N(C)C)s2)n1. The first-order chi connectivity index (χ1) is 8.58. The zero-order valence-corrected chi connectivity index (χ0v) is 11.8. The van der Waals surface area contributed by atoms with Crippen LogP contribution >= 0.6 is 23.1 Å². The van der Waals surface area contributed by atoms with E-state index in [1.54, 1.807) is 6.07 Å². The molecule has 3 N–H and O–H groups in total. The van der Waals surface area contributed by atoms with Gasteiger partial charge in [-0.25, -0.2) is 15.8 Å². The maximum Gasteiger partial charge on any atom is 0.208 e. The average molecular weight is 283 g/mol. The fourth-order valence-electron chi connectivity index (χ4n) is 1.18. The summed E-state index contributed by atoms with van der Waals surface area (Å²) in [5, 5.41) is 9.81. The zero-order chi connectivity index (χ0) is 13.1. The van der Waals surface area contributed by atoms with Crippen LogP contribution in [0.4, 0.5) is 10.9 Å². The Bertz CT molecular complexity index is 539. The van der Waals surface area contributed by atoms with E-state index in [-0.39, 0.29) is 0 Å². The minimum atomic E-state index is 0.586. The number of rotatable bonds is 4. The van der Waals surface area contributed by atoms with Crippen LogP contribution in [-0.2, 0) is 0 Å². The summed E-state index contributed by atoms with van der Waals surface area (Å²) in [6.45, 7) is 1.82. The highest BCUT2D eigenvalue weighted by atomic mass is 32.2. The van der Waals surface area contributed by atoms with E-state index in [0.717, 1.165) is 14.5 Å². The van der Waals surface area contributed by atoms with Crippen molar-refractivity contribution >= 4 is 34.0 Å². The molecular formula is C9H13N7S2. The van der Waals surface area contributed by atoms with Crippen LogP contribution in [0.1, 0.15) is 5.82 Å². The third-order valence-corrected chi connectivity index (χ3v) is 3.99. The van der Waals surface area contributed by atoms with Crippen LogP contribution < -0.4 is 16.2 Å². The van der Waals surface area contributed by atoms with Gasteiger partial charge in [-0.1, -0.05) is 11.3 Å². The minimum absolute atomic E-state index is 0.586. The molecule has 0 radical (unpaired) electrons. The first-order valence-corrected chi connectivity index (χ1v) is 6.73. The van der Waals surface area contributed by atoms with Crippen molar-refractivity contribution in [3.05, 3.63) is 11.9 Å². The second-order valence-electron chi connectivity index (χ2n) is 3.63. The summed E-state index contributed by atoms with van der Waals surface area (Å²) in [6, 6.07) is 1.77. The molecule has 9 heteroatoms. The summed E-state index contributed by atoms with van der Waals surface area (Å²) >= 11 is 2.95. The van der Waals surface area contributed by atoms with Crippen molar-refractivity contribution in [3.8, 4) is 0 Å². The largest absolute Gasteiger partial charge is 0.353 e. The van der Waals surface area contributed by atoms with Crippen LogP contribution in [-0.4, -0.2) is 34.3 Å². The number of hydrazine groups is 1. The van der Waals surface area contributed by atoms with Crippen LogP contribution in [0, 0.1) is 6.92 Å². The van der Waals surface area contributed by atoms with Crippen LogP contribution in [0.3, 0.4) is 0 Å². The van der Waals surface area contributed by atoms with E-state index in [4.69, 9.17) is 5.84 Å². The molecule has 2 aromatic rings. The lowest BCUT2D eigenvalue weighted by molar-refractivity contribution is 0.951. The Morgan fingerprint density at radius 1 is 1.33 bits per heavy atom. The van der Waals surface area contributed by atoms with E-state index in [1.807, 2.05) is 25.9 Å². The molecule has 2 aromatic heterocycles. The number of aryl methyl sites for hydroxylation is 1. The molecule has 18 heavy (non-hydrogen) atoms. The lowest BCUT2D eigenvalue weighted by Gasteiger charge is -2.04. The van der Waals surface area contributed by atoms with Gasteiger partial charge in [0.1, 0.15) is 16.7 Å². The summed E-state index contributed by atoms with van der Waals surface area (Å²) < 4.78 is 0.833. The number of nitrogens with zero attached hydrogens (tertiary/aromatic N) is 5. The first kappa shape index (κ1) is 13.0. The highest BCUT2D eigenvalue weighted by Crippen LogP contribution is 2.32. The van der Waals surface area contributed by atoms with Gasteiger partial charge >= 0.3 is 0 Å². The number of nitrogen functional groups attached to an aromatic ring is 1. The number of aromatic nitrogens is 4. The molecule has 0 spiro atoms. The Morgan fingerprint density at radius 3 is 2.72 bits per heavy atom. The predicted molar refractivity (Wildman–Crippen MR) is 72.9 cm³/mol. The smallest absolute Gasteiger partial charge is 0.208 e. The molecule has 0 saturated heterocycles. The minimum Gasteiger partial charge on any atom is -0.353 e. The molecule has 0 fully saturated rings. The zero-order valence-electron chi connectivity index (χ0n) is 10.2. The van der Waals surface area contributed by atoms with E-state index in [1.165, 1.54) is 23.1 Å². The normalized spacial score (nSPS) is 10.4. The maximum absolute atomic E-state index is 5.34. The quantitative estimate of drug-likeness (QED) is 0.490. The molecule has 0 aliphatic heterocycles. The van der Waals surface area contributed by atoms with Gasteiger partial charge in [0.05, 0.1) is 0 Å². The number of anilines is 2. The molecule has 0 bridgehead atoms. The van der Waals surface area contributed by atoms with E-state index in [2.05, 4.69) is 25.6 Å². The highest BCUT2D eigenvalue weighted by Gasteiger charge is 2.09. The van der Waals surface area contributed by atoms with Gasteiger partial charge in [0, 0.05) is 20.2 Å². The monoisotopic (exact) mass is 283 g/mol. The predicted octanol–water partition coefficient (Wildman–Crippen LogP) is 1.14. The Hall–Kier alpha value is -1.45. The summed E-state index contributed by atoms with van der Waals surface area (Å²) in [5.41, 5.74) is 2.51. The number of nitrogens with one attached hydrogen (secondary N) is 1. The highest BCUT2D eigenvalue weighted by molar-refractivity contribution is 8.01. The first-order valence-electron chi connectivity index (χ1n) is 5.09. The molecule has 0 aromatic carbocycles. The molecule has 0 aliphatic rings. The van der Waals surface area contributed by atoms with Gasteiger partial charge in [-0.3, -0.25) is 0 Å². The van der Waals surface area contributed by atoms with Gasteiger partial charge in [-0.15, -0.1) is 10.2 Å². The van der Waals surface area contributed by atoms with Crippen LogP contribution in [0.25, 0.3) is 0 Å². The molecule has 7 nitrogen and oxygen atoms in total. The maximum atomic E-state index is 5.34. The van der Waals surface area contributed by atoms with Crippen molar-refractivity contribution in [1.29, 1.82) is 0 Å². The average Bonchev–Trinajstić information content (AvgIpc) is 2.76. The molecule has 0 saturated carbocycles. The van der Waals surface area contributed by atoms with E-state index in [0.29, 0.717) is 11.6 Å². The topological polar surface area (TPSA) is 92.8 Å². The molecule has 96 valence electrons. The summed E-state index contributed by atoms with van der Waals surface area (Å²) in [7, 11) is 3.86. The van der Waals surface area contributed by atoms with Gasteiger partial charge in [0.15, 0.2) is 4.34 Å². The van der Waals surface area contributed by atoms with E-state index in [9.17, 15) is 0 Å². The van der Waals surface area contributed by atoms with Crippen LogP contribution in [0.2, 0.25) is 0 Å². The fraction of sp³-hybridized carbons (Fsp3) is 0.333. The molecular weight excluding hydrogens is 270 g/mol.